The second kappa shape index (κ2) is 4.52. The molecule has 3 rings (SSSR count). The summed E-state index contributed by atoms with van der Waals surface area (Å²) in [4.78, 5) is 13.3. The van der Waals surface area contributed by atoms with E-state index in [9.17, 15) is 9.90 Å². The second-order valence-electron chi connectivity index (χ2n) is 6.93. The van der Waals surface area contributed by atoms with Crippen LogP contribution in [0.25, 0.3) is 10.9 Å². The number of hydrogen-bond donors (Lipinski definition) is 1. The van der Waals surface area contributed by atoms with Crippen molar-refractivity contribution in [2.24, 2.45) is 12.5 Å². The molecule has 1 aromatic carbocycles. The third-order valence-corrected chi connectivity index (χ3v) is 4.51. The van der Waals surface area contributed by atoms with Crippen molar-refractivity contribution in [3.8, 4) is 0 Å². The summed E-state index contributed by atoms with van der Waals surface area (Å²) in [5.74, 6) is 0. The van der Waals surface area contributed by atoms with E-state index in [-0.39, 0.29) is 11.5 Å². The summed E-state index contributed by atoms with van der Waals surface area (Å²) in [6.07, 6.45) is -0.0483. The van der Waals surface area contributed by atoms with Crippen LogP contribution >= 0.6 is 0 Å². The number of benzene rings is 1. The van der Waals surface area contributed by atoms with Crippen molar-refractivity contribution in [2.45, 2.75) is 33.2 Å². The predicted molar refractivity (Wildman–Crippen MR) is 83.5 cm³/mol. The van der Waals surface area contributed by atoms with Crippen LogP contribution in [0.2, 0.25) is 0 Å². The maximum Gasteiger partial charge on any atom is 0.407 e. The van der Waals surface area contributed by atoms with Crippen molar-refractivity contribution in [3.05, 3.63) is 35.5 Å². The first kappa shape index (κ1) is 14.0. The van der Waals surface area contributed by atoms with E-state index in [0.717, 1.165) is 6.42 Å². The van der Waals surface area contributed by atoms with Gasteiger partial charge >= 0.3 is 6.09 Å². The fourth-order valence-electron chi connectivity index (χ4n) is 3.70. The molecule has 0 aliphatic carbocycles. The van der Waals surface area contributed by atoms with E-state index in [0.29, 0.717) is 6.54 Å². The number of carbonyl (C=O) groups is 1. The van der Waals surface area contributed by atoms with Gasteiger partial charge < -0.3 is 14.6 Å². The zero-order valence-corrected chi connectivity index (χ0v) is 13.1. The SMILES string of the molecule is Cn1c2c(c3ccccc31)C(C(C)(C)C)N(C(=O)O)CC2. The Labute approximate surface area is 125 Å². The van der Waals surface area contributed by atoms with Gasteiger partial charge in [-0.15, -0.1) is 0 Å². The molecule has 1 aromatic heterocycles. The van der Waals surface area contributed by atoms with Crippen molar-refractivity contribution < 1.29 is 9.90 Å². The fourth-order valence-corrected chi connectivity index (χ4v) is 3.70. The molecule has 0 radical (unpaired) electrons. The van der Waals surface area contributed by atoms with Crippen molar-refractivity contribution in [2.75, 3.05) is 6.54 Å². The fraction of sp³-hybridized carbons (Fsp3) is 0.471. The minimum absolute atomic E-state index is 0.107. The lowest BCUT2D eigenvalue weighted by Gasteiger charge is -2.42. The molecule has 1 amide bonds. The molecule has 0 fully saturated rings. The van der Waals surface area contributed by atoms with Crippen molar-refractivity contribution >= 4 is 17.0 Å². The molecule has 4 heteroatoms. The van der Waals surface area contributed by atoms with Crippen LogP contribution in [0.1, 0.15) is 38.1 Å². The maximum absolute atomic E-state index is 11.7. The summed E-state index contributed by atoms with van der Waals surface area (Å²) in [5.41, 5.74) is 3.50. The summed E-state index contributed by atoms with van der Waals surface area (Å²) in [5, 5.41) is 10.8. The molecule has 2 heterocycles. The number of aromatic nitrogens is 1. The lowest BCUT2D eigenvalue weighted by atomic mass is 9.78. The molecule has 1 aliphatic heterocycles. The third-order valence-electron chi connectivity index (χ3n) is 4.51. The topological polar surface area (TPSA) is 45.5 Å². The lowest BCUT2D eigenvalue weighted by Crippen LogP contribution is -2.44. The van der Waals surface area contributed by atoms with Gasteiger partial charge in [-0.25, -0.2) is 4.79 Å². The molecule has 0 saturated heterocycles. The van der Waals surface area contributed by atoms with Gasteiger partial charge in [0.1, 0.15) is 0 Å². The van der Waals surface area contributed by atoms with Gasteiger partial charge in [0.2, 0.25) is 0 Å². The van der Waals surface area contributed by atoms with E-state index in [2.05, 4.69) is 44.5 Å². The number of hydrogen-bond acceptors (Lipinski definition) is 1. The molecule has 1 atom stereocenters. The molecule has 4 nitrogen and oxygen atoms in total. The first-order chi connectivity index (χ1) is 9.82. The molecule has 1 aliphatic rings. The highest BCUT2D eigenvalue weighted by atomic mass is 16.4. The average Bonchev–Trinajstić information content (AvgIpc) is 2.71. The zero-order chi connectivity index (χ0) is 15.4. The van der Waals surface area contributed by atoms with Gasteiger partial charge in [0.25, 0.3) is 0 Å². The summed E-state index contributed by atoms with van der Waals surface area (Å²) >= 11 is 0. The van der Waals surface area contributed by atoms with E-state index < -0.39 is 6.09 Å². The van der Waals surface area contributed by atoms with E-state index in [1.807, 2.05) is 12.1 Å². The van der Waals surface area contributed by atoms with Gasteiger partial charge in [0.15, 0.2) is 0 Å². The number of amides is 1. The molecule has 1 unspecified atom stereocenters. The highest BCUT2D eigenvalue weighted by Crippen LogP contribution is 2.46. The number of rotatable bonds is 0. The predicted octanol–water partition coefficient (Wildman–Crippen LogP) is 3.80. The first-order valence-electron chi connectivity index (χ1n) is 7.38. The highest BCUT2D eigenvalue weighted by Gasteiger charge is 2.41. The lowest BCUT2D eigenvalue weighted by molar-refractivity contribution is 0.0760. The van der Waals surface area contributed by atoms with E-state index in [1.54, 1.807) is 4.90 Å². The van der Waals surface area contributed by atoms with Crippen LogP contribution in [-0.4, -0.2) is 27.2 Å². The average molecular weight is 286 g/mol. The first-order valence-corrected chi connectivity index (χ1v) is 7.38. The monoisotopic (exact) mass is 286 g/mol. The van der Waals surface area contributed by atoms with Crippen molar-refractivity contribution in [3.63, 3.8) is 0 Å². The molecule has 112 valence electrons. The molecule has 0 spiro atoms. The Kier molecular flexibility index (Phi) is 3.01. The molecule has 0 bridgehead atoms. The van der Waals surface area contributed by atoms with Crippen molar-refractivity contribution in [1.29, 1.82) is 0 Å². The minimum Gasteiger partial charge on any atom is -0.465 e. The molecule has 21 heavy (non-hydrogen) atoms. The molecule has 1 N–H and O–H groups in total. The normalized spacial score (nSPS) is 18.9. The Hall–Kier alpha value is -1.97. The van der Waals surface area contributed by atoms with E-state index in [1.165, 1.54) is 22.2 Å². The van der Waals surface area contributed by atoms with Crippen LogP contribution in [-0.2, 0) is 13.5 Å². The Balaban J connectivity index is 2.32. The van der Waals surface area contributed by atoms with Gasteiger partial charge in [-0.05, 0) is 11.5 Å². The van der Waals surface area contributed by atoms with Crippen LogP contribution in [0.5, 0.6) is 0 Å². The summed E-state index contributed by atoms with van der Waals surface area (Å²) in [6, 6.07) is 8.18. The second-order valence-corrected chi connectivity index (χ2v) is 6.93. The minimum atomic E-state index is -0.825. The van der Waals surface area contributed by atoms with Crippen molar-refractivity contribution in [1.82, 2.24) is 9.47 Å². The number of carboxylic acid groups (broad SMARTS) is 1. The maximum atomic E-state index is 11.7. The molecule has 2 aromatic rings. The van der Waals surface area contributed by atoms with Crippen LogP contribution in [0.15, 0.2) is 24.3 Å². The molecular weight excluding hydrogens is 264 g/mol. The third kappa shape index (κ3) is 2.01. The van der Waals surface area contributed by atoms with Crippen LogP contribution in [0.3, 0.4) is 0 Å². The van der Waals surface area contributed by atoms with Gasteiger partial charge in [-0.3, -0.25) is 0 Å². The largest absolute Gasteiger partial charge is 0.465 e. The van der Waals surface area contributed by atoms with Gasteiger partial charge in [0.05, 0.1) is 6.04 Å². The van der Waals surface area contributed by atoms with E-state index >= 15 is 0 Å². The number of fused-ring (bicyclic) bond motifs is 3. The van der Waals surface area contributed by atoms with Gasteiger partial charge in [-0.1, -0.05) is 39.0 Å². The van der Waals surface area contributed by atoms with Crippen LogP contribution < -0.4 is 0 Å². The number of para-hydroxylation sites is 1. The Bertz CT molecular complexity index is 709. The van der Waals surface area contributed by atoms with E-state index in [4.69, 9.17) is 0 Å². The summed E-state index contributed by atoms with van der Waals surface area (Å²) < 4.78 is 2.22. The van der Waals surface area contributed by atoms with Gasteiger partial charge in [0, 0.05) is 42.2 Å². The quantitative estimate of drug-likeness (QED) is 0.800. The van der Waals surface area contributed by atoms with Crippen LogP contribution in [0.4, 0.5) is 4.79 Å². The van der Waals surface area contributed by atoms with Crippen LogP contribution in [0, 0.1) is 5.41 Å². The molecule has 0 saturated carbocycles. The number of aryl methyl sites for hydroxylation is 1. The Morgan fingerprint density at radius 3 is 2.57 bits per heavy atom. The Morgan fingerprint density at radius 1 is 1.29 bits per heavy atom. The summed E-state index contributed by atoms with van der Waals surface area (Å²) in [6.45, 7) is 6.91. The van der Waals surface area contributed by atoms with Gasteiger partial charge in [-0.2, -0.15) is 0 Å². The number of nitrogens with zero attached hydrogens (tertiary/aromatic N) is 2. The standard InChI is InChI=1S/C17H22N2O2/c1-17(2,3)15-14-11-7-5-6-8-12(11)18(4)13(14)9-10-19(15)16(20)21/h5-8,15H,9-10H2,1-4H3,(H,20,21). The smallest absolute Gasteiger partial charge is 0.407 e. The Morgan fingerprint density at radius 2 is 1.95 bits per heavy atom. The highest BCUT2D eigenvalue weighted by molar-refractivity contribution is 5.87. The molecular formula is C17H22N2O2. The zero-order valence-electron chi connectivity index (χ0n) is 13.1. The summed E-state index contributed by atoms with van der Waals surface area (Å²) in [7, 11) is 2.08.